The summed E-state index contributed by atoms with van der Waals surface area (Å²) in [6.07, 6.45) is 0.135. The summed E-state index contributed by atoms with van der Waals surface area (Å²) >= 11 is 9.10. The minimum absolute atomic E-state index is 0.0439. The highest BCUT2D eigenvalue weighted by Crippen LogP contribution is 2.71. The number of methoxy groups -OCH3 is 1. The molecule has 1 saturated heterocycles. The molecule has 32 heavy (non-hydrogen) atoms. The third-order valence-electron chi connectivity index (χ3n) is 9.43. The molecule has 0 bridgehead atoms. The maximum Gasteiger partial charge on any atom is 0.195 e. The van der Waals surface area contributed by atoms with Crippen LogP contribution in [0, 0.1) is 28.6 Å². The van der Waals surface area contributed by atoms with Crippen molar-refractivity contribution in [2.24, 2.45) is 28.6 Å². The van der Waals surface area contributed by atoms with Crippen molar-refractivity contribution in [1.29, 1.82) is 0 Å². The molecule has 0 amide bonds. The fourth-order valence-electron chi connectivity index (χ4n) is 8.40. The first-order chi connectivity index (χ1) is 14.8. The summed E-state index contributed by atoms with van der Waals surface area (Å²) < 4.78 is 34.6. The van der Waals surface area contributed by atoms with Gasteiger partial charge in [-0.15, -0.1) is 0 Å². The second-order valence-corrected chi connectivity index (χ2v) is 12.5. The van der Waals surface area contributed by atoms with Crippen molar-refractivity contribution in [1.82, 2.24) is 0 Å². The fraction of sp³-hybridized carbons (Fsp3) is 0.833. The van der Waals surface area contributed by atoms with Gasteiger partial charge in [-0.3, -0.25) is 4.79 Å². The van der Waals surface area contributed by atoms with Crippen LogP contribution >= 0.6 is 28.1 Å². The van der Waals surface area contributed by atoms with Crippen molar-refractivity contribution in [3.63, 3.8) is 0 Å². The number of aliphatic hydroxyl groups excluding tert-OH is 1. The molecule has 1 heterocycles. The van der Waals surface area contributed by atoms with E-state index in [4.69, 9.17) is 26.4 Å². The number of thiocarbonyl (C=S) groups is 1. The van der Waals surface area contributed by atoms with E-state index >= 15 is 4.39 Å². The predicted octanol–water partition coefficient (Wildman–Crippen LogP) is 4.63. The Labute approximate surface area is 202 Å². The van der Waals surface area contributed by atoms with E-state index in [0.717, 1.165) is 0 Å². The highest BCUT2D eigenvalue weighted by Gasteiger charge is 2.77. The summed E-state index contributed by atoms with van der Waals surface area (Å²) in [7, 11) is 1.55. The maximum atomic E-state index is 15.8. The third kappa shape index (κ3) is 2.70. The average Bonchev–Trinajstić information content (AvgIpc) is 3.10. The van der Waals surface area contributed by atoms with Crippen LogP contribution in [0.5, 0.6) is 0 Å². The molecule has 3 saturated carbocycles. The highest BCUT2D eigenvalue weighted by atomic mass is 79.9. The molecule has 5 rings (SSSR count). The van der Waals surface area contributed by atoms with Crippen LogP contribution in [0.3, 0.4) is 0 Å². The lowest BCUT2D eigenvalue weighted by molar-refractivity contribution is -0.216. The van der Waals surface area contributed by atoms with Crippen LogP contribution in [-0.2, 0) is 19.0 Å². The van der Waals surface area contributed by atoms with Crippen molar-refractivity contribution < 1.29 is 28.5 Å². The molecular formula is C24H32BrFO5S. The largest absolute Gasteiger partial charge is 0.487 e. The van der Waals surface area contributed by atoms with E-state index in [1.807, 2.05) is 20.8 Å². The zero-order valence-electron chi connectivity index (χ0n) is 19.2. The number of aliphatic hydroxyl groups is 1. The molecule has 0 aromatic rings. The van der Waals surface area contributed by atoms with Crippen molar-refractivity contribution >= 4 is 39.0 Å². The van der Waals surface area contributed by atoms with E-state index < -0.39 is 34.5 Å². The number of allylic oxidation sites excluding steroid dienone is 1. The van der Waals surface area contributed by atoms with Gasteiger partial charge in [-0.05, 0) is 96.4 Å². The van der Waals surface area contributed by atoms with Crippen LogP contribution in [0.4, 0.5) is 4.39 Å². The van der Waals surface area contributed by atoms with Gasteiger partial charge in [0.2, 0.25) is 0 Å². The summed E-state index contributed by atoms with van der Waals surface area (Å²) in [5.74, 6) is -1.02. The molecule has 5 nitrogen and oxygen atoms in total. The Balaban J connectivity index is 1.62. The van der Waals surface area contributed by atoms with Crippen molar-refractivity contribution in [3.05, 3.63) is 10.1 Å². The van der Waals surface area contributed by atoms with Crippen LogP contribution in [0.2, 0.25) is 0 Å². The third-order valence-corrected chi connectivity index (χ3v) is 10.8. The molecule has 178 valence electrons. The quantitative estimate of drug-likeness (QED) is 0.498. The van der Waals surface area contributed by atoms with Gasteiger partial charge in [0.1, 0.15) is 6.17 Å². The Hall–Kier alpha value is -0.410. The standard InChI is InChI=1S/C24H32BrFO5S/c1-21(2)30-16-9-12-11-8-13(26)18-19(25)14(27)6-7-22(18,3)17(11)15(28)10-23(12,4)24(16,31-21)20(32)29-5/h11-13,15-17,28H,6-10H2,1-5H3/t11-,12-,13-,15-,16+,17+,22+,23-,24-/m0/s1. The molecule has 0 unspecified atom stereocenters. The maximum absolute atomic E-state index is 15.8. The van der Waals surface area contributed by atoms with Gasteiger partial charge in [0.05, 0.1) is 23.8 Å². The van der Waals surface area contributed by atoms with Crippen LogP contribution in [-0.4, -0.2) is 52.8 Å². The smallest absolute Gasteiger partial charge is 0.195 e. The summed E-state index contributed by atoms with van der Waals surface area (Å²) in [5, 5.41) is 12.0. The van der Waals surface area contributed by atoms with E-state index in [9.17, 15) is 9.90 Å². The van der Waals surface area contributed by atoms with Gasteiger partial charge in [-0.25, -0.2) is 4.39 Å². The Bertz CT molecular complexity index is 922. The fourth-order valence-corrected chi connectivity index (χ4v) is 9.70. The van der Waals surface area contributed by atoms with Gasteiger partial charge in [0, 0.05) is 11.8 Å². The summed E-state index contributed by atoms with van der Waals surface area (Å²) in [6, 6.07) is 0. The molecule has 0 aromatic carbocycles. The Morgan fingerprint density at radius 1 is 1.28 bits per heavy atom. The van der Waals surface area contributed by atoms with Gasteiger partial charge in [-0.1, -0.05) is 13.8 Å². The lowest BCUT2D eigenvalue weighted by Crippen LogP contribution is -2.64. The minimum Gasteiger partial charge on any atom is -0.487 e. The van der Waals surface area contributed by atoms with Crippen molar-refractivity contribution in [2.75, 3.05) is 7.11 Å². The minimum atomic E-state index is -1.22. The molecule has 0 aromatic heterocycles. The van der Waals surface area contributed by atoms with Crippen LogP contribution in [0.15, 0.2) is 10.1 Å². The monoisotopic (exact) mass is 530 g/mol. The summed E-state index contributed by atoms with van der Waals surface area (Å²) in [4.78, 5) is 12.4. The second kappa shape index (κ2) is 7.06. The lowest BCUT2D eigenvalue weighted by Gasteiger charge is -2.61. The number of Topliss-reactive ketones (excluding diaryl/α,β-unsaturated/α-hetero) is 1. The van der Waals surface area contributed by atoms with Gasteiger partial charge in [0.15, 0.2) is 22.2 Å². The van der Waals surface area contributed by atoms with E-state index in [0.29, 0.717) is 40.8 Å². The number of carbonyl (C=O) groups excluding carboxylic acids is 1. The molecule has 1 N–H and O–H groups in total. The number of ketones is 1. The van der Waals surface area contributed by atoms with E-state index in [1.165, 1.54) is 0 Å². The van der Waals surface area contributed by atoms with E-state index in [-0.39, 0.29) is 36.1 Å². The Morgan fingerprint density at radius 3 is 2.62 bits per heavy atom. The molecule has 8 heteroatoms. The molecule has 0 spiro atoms. The molecule has 1 aliphatic heterocycles. The zero-order valence-corrected chi connectivity index (χ0v) is 21.6. The molecule has 4 fully saturated rings. The molecule has 0 radical (unpaired) electrons. The van der Waals surface area contributed by atoms with Crippen LogP contribution in [0.1, 0.15) is 59.8 Å². The zero-order chi connectivity index (χ0) is 23.4. The number of carbonyl (C=O) groups is 1. The number of hydrogen-bond donors (Lipinski definition) is 1. The molecule has 4 aliphatic carbocycles. The summed E-state index contributed by atoms with van der Waals surface area (Å²) in [6.45, 7) is 7.89. The van der Waals surface area contributed by atoms with Crippen LogP contribution < -0.4 is 0 Å². The van der Waals surface area contributed by atoms with Gasteiger partial charge in [-0.2, -0.15) is 0 Å². The van der Waals surface area contributed by atoms with Crippen LogP contribution in [0.25, 0.3) is 0 Å². The summed E-state index contributed by atoms with van der Waals surface area (Å²) in [5.41, 5.74) is -1.54. The van der Waals surface area contributed by atoms with Gasteiger partial charge in [0.25, 0.3) is 0 Å². The van der Waals surface area contributed by atoms with E-state index in [1.54, 1.807) is 7.11 Å². The number of halogens is 2. The Morgan fingerprint density at radius 2 is 1.97 bits per heavy atom. The van der Waals surface area contributed by atoms with Crippen molar-refractivity contribution in [3.8, 4) is 0 Å². The molecular weight excluding hydrogens is 499 g/mol. The number of alkyl halides is 1. The SMILES string of the molecule is COC(=S)[C@@]12OC(C)(C)O[C@@H]1C[C@H]1[C@@H]3C[C@H](F)C4=C(Br)C(=O)CC[C@]4(C)[C@H]3[C@@H](O)C[C@@]12C. The lowest BCUT2D eigenvalue weighted by atomic mass is 9.45. The predicted molar refractivity (Wildman–Crippen MR) is 124 cm³/mol. The first-order valence-corrected chi connectivity index (χ1v) is 12.7. The first kappa shape index (κ1) is 23.3. The topological polar surface area (TPSA) is 65.0 Å². The number of fused-ring (bicyclic) bond motifs is 7. The number of rotatable bonds is 1. The molecule has 5 aliphatic rings. The number of ether oxygens (including phenoxy) is 3. The average molecular weight is 531 g/mol. The normalized spacial score (nSPS) is 51.6. The second-order valence-electron chi connectivity index (χ2n) is 11.3. The molecule has 9 atom stereocenters. The highest BCUT2D eigenvalue weighted by molar-refractivity contribution is 9.12. The van der Waals surface area contributed by atoms with Crippen molar-refractivity contribution in [2.45, 2.75) is 89.6 Å². The van der Waals surface area contributed by atoms with E-state index in [2.05, 4.69) is 22.9 Å². The van der Waals surface area contributed by atoms with Gasteiger partial charge < -0.3 is 19.3 Å². The number of hydrogen-bond acceptors (Lipinski definition) is 6. The first-order valence-electron chi connectivity index (χ1n) is 11.5. The van der Waals surface area contributed by atoms with Gasteiger partial charge >= 0.3 is 0 Å². The Kier molecular flexibility index (Phi) is 5.15.